The second-order valence-electron chi connectivity index (χ2n) is 4.22. The van der Waals surface area contributed by atoms with Crippen LogP contribution in [0.4, 0.5) is 0 Å². The molecule has 0 aliphatic heterocycles. The number of ether oxygens (including phenoxy) is 1. The van der Waals surface area contributed by atoms with Gasteiger partial charge in [0.05, 0.1) is 19.2 Å². The van der Waals surface area contributed by atoms with Crippen LogP contribution in [0.15, 0.2) is 0 Å². The molecule has 0 spiro atoms. The molecule has 0 aliphatic carbocycles. The van der Waals surface area contributed by atoms with E-state index in [9.17, 15) is 9.59 Å². The first-order valence-electron chi connectivity index (χ1n) is 6.24. The van der Waals surface area contributed by atoms with Crippen molar-refractivity contribution in [1.29, 1.82) is 0 Å². The predicted molar refractivity (Wildman–Crippen MR) is 66.4 cm³/mol. The molecule has 1 unspecified atom stereocenters. The van der Waals surface area contributed by atoms with Gasteiger partial charge in [0, 0.05) is 0 Å². The van der Waals surface area contributed by atoms with Crippen molar-refractivity contribution in [2.45, 2.75) is 52.1 Å². The van der Waals surface area contributed by atoms with Gasteiger partial charge in [-0.1, -0.05) is 26.2 Å². The van der Waals surface area contributed by atoms with Gasteiger partial charge in [0.25, 0.3) is 0 Å². The average molecular weight is 244 g/mol. The van der Waals surface area contributed by atoms with Crippen molar-refractivity contribution in [2.75, 3.05) is 13.1 Å². The van der Waals surface area contributed by atoms with Crippen molar-refractivity contribution in [1.82, 2.24) is 5.32 Å². The quantitative estimate of drug-likeness (QED) is 0.443. The summed E-state index contributed by atoms with van der Waals surface area (Å²) in [5.74, 6) is -0.820. The Labute approximate surface area is 103 Å². The molecule has 0 heterocycles. The van der Waals surface area contributed by atoms with Crippen LogP contribution in [0.5, 0.6) is 0 Å². The fourth-order valence-corrected chi connectivity index (χ4v) is 1.47. The van der Waals surface area contributed by atoms with Gasteiger partial charge >= 0.3 is 5.97 Å². The maximum absolute atomic E-state index is 11.3. The van der Waals surface area contributed by atoms with Crippen LogP contribution in [0.2, 0.25) is 0 Å². The van der Waals surface area contributed by atoms with E-state index in [1.807, 2.05) is 6.92 Å². The van der Waals surface area contributed by atoms with Gasteiger partial charge in [0.2, 0.25) is 5.91 Å². The van der Waals surface area contributed by atoms with E-state index in [4.69, 9.17) is 10.5 Å². The van der Waals surface area contributed by atoms with E-state index in [0.717, 1.165) is 12.8 Å². The zero-order chi connectivity index (χ0) is 13.1. The lowest BCUT2D eigenvalue weighted by Gasteiger charge is -2.13. The standard InChI is InChI=1S/C12H24N2O3/c1-3-4-5-6-7-10(2)17-12(16)9-14-8-11(13)15/h10,14H,3-9H2,1-2H3,(H2,13,15). The Balaban J connectivity index is 3.48. The predicted octanol–water partition coefficient (Wildman–Crippen LogP) is 0.963. The van der Waals surface area contributed by atoms with Crippen LogP contribution in [0.3, 0.4) is 0 Å². The monoisotopic (exact) mass is 244 g/mol. The lowest BCUT2D eigenvalue weighted by Crippen LogP contribution is -2.34. The molecule has 17 heavy (non-hydrogen) atoms. The van der Waals surface area contributed by atoms with Crippen molar-refractivity contribution in [3.63, 3.8) is 0 Å². The second-order valence-corrected chi connectivity index (χ2v) is 4.22. The Morgan fingerprint density at radius 1 is 1.24 bits per heavy atom. The van der Waals surface area contributed by atoms with Crippen molar-refractivity contribution in [3.05, 3.63) is 0 Å². The molecule has 100 valence electrons. The highest BCUT2D eigenvalue weighted by atomic mass is 16.5. The Morgan fingerprint density at radius 2 is 1.94 bits per heavy atom. The molecule has 0 aliphatic rings. The minimum atomic E-state index is -0.481. The lowest BCUT2D eigenvalue weighted by atomic mass is 10.1. The van der Waals surface area contributed by atoms with E-state index in [-0.39, 0.29) is 25.2 Å². The summed E-state index contributed by atoms with van der Waals surface area (Å²) in [7, 11) is 0. The largest absolute Gasteiger partial charge is 0.462 e. The van der Waals surface area contributed by atoms with E-state index >= 15 is 0 Å². The van der Waals surface area contributed by atoms with Crippen LogP contribution >= 0.6 is 0 Å². The molecule has 0 aromatic rings. The van der Waals surface area contributed by atoms with Crippen LogP contribution in [-0.4, -0.2) is 31.1 Å². The minimum absolute atomic E-state index is 0.0000189. The number of carbonyl (C=O) groups is 2. The lowest BCUT2D eigenvalue weighted by molar-refractivity contribution is -0.147. The molecule has 1 amide bonds. The first-order valence-corrected chi connectivity index (χ1v) is 6.24. The number of amides is 1. The summed E-state index contributed by atoms with van der Waals surface area (Å²) in [5, 5.41) is 2.62. The Kier molecular flexibility index (Phi) is 9.43. The first-order chi connectivity index (χ1) is 8.06. The fourth-order valence-electron chi connectivity index (χ4n) is 1.47. The number of nitrogens with one attached hydrogen (secondary N) is 1. The van der Waals surface area contributed by atoms with Gasteiger partial charge < -0.3 is 10.5 Å². The summed E-state index contributed by atoms with van der Waals surface area (Å²) >= 11 is 0. The SMILES string of the molecule is CCCCCCC(C)OC(=O)CNCC(N)=O. The van der Waals surface area contributed by atoms with Gasteiger partial charge in [0.1, 0.15) is 0 Å². The van der Waals surface area contributed by atoms with Crippen LogP contribution in [0.25, 0.3) is 0 Å². The molecule has 0 saturated carbocycles. The number of esters is 1. The molecule has 0 bridgehead atoms. The molecule has 0 fully saturated rings. The number of rotatable bonds is 10. The van der Waals surface area contributed by atoms with Crippen LogP contribution in [0, 0.1) is 0 Å². The van der Waals surface area contributed by atoms with Crippen LogP contribution in [0.1, 0.15) is 46.0 Å². The van der Waals surface area contributed by atoms with Gasteiger partial charge in [-0.05, 0) is 19.8 Å². The van der Waals surface area contributed by atoms with Gasteiger partial charge in [-0.15, -0.1) is 0 Å². The summed E-state index contributed by atoms with van der Waals surface area (Å²) in [5.41, 5.74) is 4.92. The van der Waals surface area contributed by atoms with E-state index in [2.05, 4.69) is 12.2 Å². The summed E-state index contributed by atoms with van der Waals surface area (Å²) in [6.07, 6.45) is 5.51. The second kappa shape index (κ2) is 10.1. The molecular formula is C12H24N2O3. The molecule has 0 rings (SSSR count). The average Bonchev–Trinajstić information content (AvgIpc) is 2.23. The fraction of sp³-hybridized carbons (Fsp3) is 0.833. The zero-order valence-corrected chi connectivity index (χ0v) is 10.8. The van der Waals surface area contributed by atoms with E-state index in [1.54, 1.807) is 0 Å². The highest BCUT2D eigenvalue weighted by molar-refractivity contribution is 5.77. The number of unbranched alkanes of at least 4 members (excludes halogenated alkanes) is 3. The summed E-state index contributed by atoms with van der Waals surface area (Å²) < 4.78 is 5.16. The normalized spacial score (nSPS) is 12.1. The number of nitrogens with two attached hydrogens (primary N) is 1. The Bertz CT molecular complexity index is 232. The molecule has 5 nitrogen and oxygen atoms in total. The van der Waals surface area contributed by atoms with Crippen molar-refractivity contribution in [3.8, 4) is 0 Å². The third-order valence-corrected chi connectivity index (χ3v) is 2.37. The maximum Gasteiger partial charge on any atom is 0.320 e. The van der Waals surface area contributed by atoms with Gasteiger partial charge in [-0.2, -0.15) is 0 Å². The summed E-state index contributed by atoms with van der Waals surface area (Å²) in [4.78, 5) is 21.7. The molecule has 5 heteroatoms. The highest BCUT2D eigenvalue weighted by Crippen LogP contribution is 2.07. The van der Waals surface area contributed by atoms with Gasteiger partial charge in [-0.3, -0.25) is 14.9 Å². The summed E-state index contributed by atoms with van der Waals surface area (Å²) in [6.45, 7) is 4.08. The van der Waals surface area contributed by atoms with Crippen LogP contribution < -0.4 is 11.1 Å². The third-order valence-electron chi connectivity index (χ3n) is 2.37. The molecule has 0 saturated heterocycles. The summed E-state index contributed by atoms with van der Waals surface area (Å²) in [6, 6.07) is 0. The molecule has 1 atom stereocenters. The zero-order valence-electron chi connectivity index (χ0n) is 10.8. The maximum atomic E-state index is 11.3. The minimum Gasteiger partial charge on any atom is -0.462 e. The van der Waals surface area contributed by atoms with Gasteiger partial charge in [0.15, 0.2) is 0 Å². The smallest absolute Gasteiger partial charge is 0.320 e. The highest BCUT2D eigenvalue weighted by Gasteiger charge is 2.09. The number of primary amides is 1. The Morgan fingerprint density at radius 3 is 2.53 bits per heavy atom. The molecule has 0 aromatic heterocycles. The molecule has 0 aromatic carbocycles. The molecular weight excluding hydrogens is 220 g/mol. The van der Waals surface area contributed by atoms with Gasteiger partial charge in [-0.25, -0.2) is 0 Å². The van der Waals surface area contributed by atoms with Crippen molar-refractivity contribution < 1.29 is 14.3 Å². The van der Waals surface area contributed by atoms with E-state index in [1.165, 1.54) is 19.3 Å². The molecule has 0 radical (unpaired) electrons. The topological polar surface area (TPSA) is 81.4 Å². The molecule has 3 N–H and O–H groups in total. The van der Waals surface area contributed by atoms with Crippen LogP contribution in [-0.2, 0) is 14.3 Å². The first kappa shape index (κ1) is 15.9. The van der Waals surface area contributed by atoms with E-state index in [0.29, 0.717) is 0 Å². The van der Waals surface area contributed by atoms with Crippen molar-refractivity contribution in [2.24, 2.45) is 5.73 Å². The number of hydrogen-bond acceptors (Lipinski definition) is 4. The van der Waals surface area contributed by atoms with Crippen molar-refractivity contribution >= 4 is 11.9 Å². The number of carbonyl (C=O) groups excluding carboxylic acids is 2. The number of hydrogen-bond donors (Lipinski definition) is 2. The van der Waals surface area contributed by atoms with E-state index < -0.39 is 5.91 Å². The Hall–Kier alpha value is -1.10. The third kappa shape index (κ3) is 11.2.